The van der Waals surface area contributed by atoms with Crippen molar-refractivity contribution in [2.45, 2.75) is 57.0 Å². The molecule has 2 heteroatoms. The minimum Gasteiger partial charge on any atom is -0.312 e. The van der Waals surface area contributed by atoms with Gasteiger partial charge in [-0.25, -0.2) is 0 Å². The van der Waals surface area contributed by atoms with E-state index in [1.807, 2.05) is 0 Å². The van der Waals surface area contributed by atoms with Crippen molar-refractivity contribution in [2.75, 3.05) is 13.1 Å². The van der Waals surface area contributed by atoms with Crippen LogP contribution in [0.3, 0.4) is 0 Å². The molecule has 5 unspecified atom stereocenters. The minimum absolute atomic E-state index is 0.704. The van der Waals surface area contributed by atoms with Crippen LogP contribution in [0.2, 0.25) is 0 Å². The predicted octanol–water partition coefficient (Wildman–Crippen LogP) is 3.86. The van der Waals surface area contributed by atoms with E-state index < -0.39 is 0 Å². The quantitative estimate of drug-likeness (QED) is 0.616. The van der Waals surface area contributed by atoms with Crippen LogP contribution >= 0.6 is 0 Å². The van der Waals surface area contributed by atoms with E-state index in [0.29, 0.717) is 6.04 Å². The molecule has 0 saturated heterocycles. The van der Waals surface area contributed by atoms with Gasteiger partial charge in [0.15, 0.2) is 0 Å². The fourth-order valence-electron chi connectivity index (χ4n) is 4.78. The van der Waals surface area contributed by atoms with Crippen molar-refractivity contribution in [1.29, 1.82) is 0 Å². The van der Waals surface area contributed by atoms with E-state index in [2.05, 4.69) is 54.0 Å². The Morgan fingerprint density at radius 3 is 2.61 bits per heavy atom. The van der Waals surface area contributed by atoms with Gasteiger partial charge in [0, 0.05) is 31.1 Å². The van der Waals surface area contributed by atoms with Crippen molar-refractivity contribution < 1.29 is 0 Å². The molecule has 0 amide bonds. The lowest BCUT2D eigenvalue weighted by Gasteiger charge is -2.38. The topological polar surface area (TPSA) is 24.1 Å². The van der Waals surface area contributed by atoms with Crippen molar-refractivity contribution in [3.63, 3.8) is 0 Å². The van der Waals surface area contributed by atoms with Gasteiger partial charge in [-0.3, -0.25) is 0 Å². The molecule has 2 bridgehead atoms. The number of benzene rings is 1. The van der Waals surface area contributed by atoms with Crippen molar-refractivity contribution in [3.05, 3.63) is 47.5 Å². The summed E-state index contributed by atoms with van der Waals surface area (Å²) in [6.07, 6.45) is 9.25. The molecule has 2 N–H and O–H groups in total. The summed E-state index contributed by atoms with van der Waals surface area (Å²) in [6.45, 7) is 4.61. The van der Waals surface area contributed by atoms with Gasteiger partial charge in [0.2, 0.25) is 0 Å². The first-order chi connectivity index (χ1) is 11.3. The van der Waals surface area contributed by atoms with E-state index in [1.54, 1.807) is 5.57 Å². The van der Waals surface area contributed by atoms with E-state index in [9.17, 15) is 0 Å². The van der Waals surface area contributed by atoms with Crippen molar-refractivity contribution >= 4 is 0 Å². The summed E-state index contributed by atoms with van der Waals surface area (Å²) < 4.78 is 0. The molecule has 2 fully saturated rings. The zero-order chi connectivity index (χ0) is 15.6. The first-order valence-corrected chi connectivity index (χ1v) is 9.51. The number of nitrogens with one attached hydrogen (secondary N) is 2. The molecular weight excluding hydrogens is 280 g/mol. The van der Waals surface area contributed by atoms with Gasteiger partial charge in [-0.2, -0.15) is 0 Å². The maximum atomic E-state index is 3.85. The van der Waals surface area contributed by atoms with E-state index in [4.69, 9.17) is 0 Å². The Morgan fingerprint density at radius 2 is 1.78 bits per heavy atom. The molecule has 2 nitrogen and oxygen atoms in total. The summed E-state index contributed by atoms with van der Waals surface area (Å²) in [5.41, 5.74) is 3.23. The number of fused-ring (bicyclic) bond motifs is 2. The van der Waals surface area contributed by atoms with Crippen LogP contribution in [0.25, 0.3) is 0 Å². The number of rotatable bonds is 6. The average Bonchev–Trinajstić information content (AvgIpc) is 3.33. The molecule has 124 valence electrons. The maximum absolute atomic E-state index is 3.85. The Balaban J connectivity index is 1.17. The van der Waals surface area contributed by atoms with E-state index in [0.717, 1.165) is 36.9 Å². The molecule has 4 rings (SSSR count). The summed E-state index contributed by atoms with van der Waals surface area (Å²) in [5, 5.41) is 7.58. The summed E-state index contributed by atoms with van der Waals surface area (Å²) in [6, 6.07) is 12.4. The molecule has 3 aliphatic rings. The first-order valence-electron chi connectivity index (χ1n) is 9.51. The van der Waals surface area contributed by atoms with Gasteiger partial charge < -0.3 is 10.6 Å². The standard InChI is InChI=1S/C21H30N2/c1-15-11-16-7-8-20(18(12-15)13-16)22-9-10-23-21-14-19(21)17-5-3-2-4-6-17/h2-6,11,15,18-23H,7-10,12-14H2,1H3. The maximum Gasteiger partial charge on any atom is 0.0143 e. The summed E-state index contributed by atoms with van der Waals surface area (Å²) >= 11 is 0. The third-order valence-electron chi connectivity index (χ3n) is 6.02. The van der Waals surface area contributed by atoms with Gasteiger partial charge in [-0.05, 0) is 49.5 Å². The smallest absolute Gasteiger partial charge is 0.0143 e. The van der Waals surface area contributed by atoms with Gasteiger partial charge in [0.05, 0.1) is 0 Å². The molecule has 1 aromatic rings. The fourth-order valence-corrected chi connectivity index (χ4v) is 4.78. The van der Waals surface area contributed by atoms with Crippen LogP contribution in [0.4, 0.5) is 0 Å². The molecule has 0 radical (unpaired) electrons. The van der Waals surface area contributed by atoms with Crippen LogP contribution in [-0.2, 0) is 0 Å². The van der Waals surface area contributed by atoms with Crippen LogP contribution in [0.1, 0.15) is 50.5 Å². The predicted molar refractivity (Wildman–Crippen MR) is 96.6 cm³/mol. The Bertz CT molecular complexity index is 550. The van der Waals surface area contributed by atoms with E-state index >= 15 is 0 Å². The van der Waals surface area contributed by atoms with Gasteiger partial charge in [0.25, 0.3) is 0 Å². The molecule has 0 spiro atoms. The number of hydrogen-bond acceptors (Lipinski definition) is 2. The van der Waals surface area contributed by atoms with Crippen molar-refractivity contribution in [3.8, 4) is 0 Å². The second-order valence-corrected chi connectivity index (χ2v) is 7.91. The average molecular weight is 310 g/mol. The molecule has 5 atom stereocenters. The summed E-state index contributed by atoms with van der Waals surface area (Å²) in [5.74, 6) is 2.43. The Kier molecular flexibility index (Phi) is 4.54. The monoisotopic (exact) mass is 310 g/mol. The lowest BCUT2D eigenvalue weighted by Crippen LogP contribution is -2.43. The zero-order valence-electron chi connectivity index (χ0n) is 14.3. The lowest BCUT2D eigenvalue weighted by atomic mass is 9.72. The van der Waals surface area contributed by atoms with Gasteiger partial charge in [-0.1, -0.05) is 48.9 Å². The highest BCUT2D eigenvalue weighted by Gasteiger charge is 2.37. The SMILES string of the molecule is CC1C=C2CCC(NCCNC3CC3c3ccccc3)C(C2)C1. The second kappa shape index (κ2) is 6.78. The van der Waals surface area contributed by atoms with Gasteiger partial charge >= 0.3 is 0 Å². The molecule has 3 aliphatic carbocycles. The highest BCUT2D eigenvalue weighted by atomic mass is 15.0. The second-order valence-electron chi connectivity index (χ2n) is 7.91. The van der Waals surface area contributed by atoms with Crippen LogP contribution in [0.15, 0.2) is 42.0 Å². The van der Waals surface area contributed by atoms with E-state index in [1.165, 1.54) is 37.7 Å². The molecule has 2 saturated carbocycles. The van der Waals surface area contributed by atoms with Gasteiger partial charge in [0.1, 0.15) is 0 Å². The third-order valence-corrected chi connectivity index (χ3v) is 6.02. The van der Waals surface area contributed by atoms with Crippen molar-refractivity contribution in [1.82, 2.24) is 10.6 Å². The Morgan fingerprint density at radius 1 is 1.00 bits per heavy atom. The normalized spacial score (nSPS) is 35.7. The molecule has 0 heterocycles. The molecule has 1 aromatic carbocycles. The third kappa shape index (κ3) is 3.70. The first kappa shape index (κ1) is 15.4. The van der Waals surface area contributed by atoms with Gasteiger partial charge in [-0.15, -0.1) is 0 Å². The molecule has 0 aliphatic heterocycles. The van der Waals surface area contributed by atoms with E-state index in [-0.39, 0.29) is 0 Å². The van der Waals surface area contributed by atoms with Crippen LogP contribution < -0.4 is 10.6 Å². The lowest BCUT2D eigenvalue weighted by molar-refractivity contribution is 0.252. The summed E-state index contributed by atoms with van der Waals surface area (Å²) in [4.78, 5) is 0. The Hall–Kier alpha value is -1.12. The fraction of sp³-hybridized carbons (Fsp3) is 0.619. The summed E-state index contributed by atoms with van der Waals surface area (Å²) in [7, 11) is 0. The largest absolute Gasteiger partial charge is 0.312 e. The number of hydrogen-bond donors (Lipinski definition) is 2. The highest BCUT2D eigenvalue weighted by Crippen LogP contribution is 2.40. The molecule has 23 heavy (non-hydrogen) atoms. The molecule has 0 aromatic heterocycles. The van der Waals surface area contributed by atoms with Crippen LogP contribution in [0.5, 0.6) is 0 Å². The van der Waals surface area contributed by atoms with Crippen molar-refractivity contribution in [2.24, 2.45) is 11.8 Å². The molecular formula is C21H30N2. The number of allylic oxidation sites excluding steroid dienone is 2. The highest BCUT2D eigenvalue weighted by molar-refractivity contribution is 5.27. The Labute approximate surface area is 140 Å². The minimum atomic E-state index is 0.704. The van der Waals surface area contributed by atoms with Crippen LogP contribution in [0, 0.1) is 11.8 Å². The van der Waals surface area contributed by atoms with Crippen LogP contribution in [-0.4, -0.2) is 25.2 Å². The zero-order valence-corrected chi connectivity index (χ0v) is 14.3.